The number of carbonyl (C=O) groups excluding carboxylic acids is 2. The highest BCUT2D eigenvalue weighted by atomic mass is 79.9. The van der Waals surface area contributed by atoms with Crippen molar-refractivity contribution in [2.45, 2.75) is 12.5 Å². The number of aromatic hydroxyl groups is 1. The number of hydrogen-bond acceptors (Lipinski definition) is 5. The Morgan fingerprint density at radius 3 is 2.41 bits per heavy atom. The highest BCUT2D eigenvalue weighted by Crippen LogP contribution is 2.38. The van der Waals surface area contributed by atoms with E-state index in [-0.39, 0.29) is 12.2 Å². The molecule has 0 heterocycles. The first-order chi connectivity index (χ1) is 16.2. The minimum Gasteiger partial charge on any atom is -0.506 e. The monoisotopic (exact) mass is 651 g/mol. The number of rotatable bonds is 7. The molecule has 0 spiro atoms. The summed E-state index contributed by atoms with van der Waals surface area (Å²) in [5.41, 5.74) is 7.70. The molecule has 10 heteroatoms. The van der Waals surface area contributed by atoms with Crippen molar-refractivity contribution in [1.82, 2.24) is 0 Å². The number of phenols is 1. The maximum absolute atomic E-state index is 12.6. The van der Waals surface area contributed by atoms with Gasteiger partial charge in [-0.05, 0) is 70.5 Å². The van der Waals surface area contributed by atoms with Crippen molar-refractivity contribution in [2.24, 2.45) is 0 Å². The Kier molecular flexibility index (Phi) is 9.14. The summed E-state index contributed by atoms with van der Waals surface area (Å²) >= 11 is 10.0. The van der Waals surface area contributed by atoms with Crippen LogP contribution in [0.25, 0.3) is 0 Å². The highest BCUT2D eigenvalue weighted by Gasteiger charge is 2.22. The van der Waals surface area contributed by atoms with Crippen LogP contribution in [-0.4, -0.2) is 17.1 Å². The maximum Gasteiger partial charge on any atom is 0.412 e. The van der Waals surface area contributed by atoms with E-state index < -0.39 is 18.1 Å². The number of para-hydroxylation sites is 2. The largest absolute Gasteiger partial charge is 0.506 e. The van der Waals surface area contributed by atoms with Gasteiger partial charge in [0, 0.05) is 26.6 Å². The number of nitrogens with two attached hydrogens (primary N) is 1. The number of phenolic OH excluding ortho intramolecular Hbond substituents is 1. The third-order valence-electron chi connectivity index (χ3n) is 4.58. The molecule has 1 atom stereocenters. The van der Waals surface area contributed by atoms with Gasteiger partial charge in [-0.1, -0.05) is 50.1 Å². The van der Waals surface area contributed by atoms with Crippen molar-refractivity contribution in [3.05, 3.63) is 91.8 Å². The second-order valence-electron chi connectivity index (χ2n) is 7.07. The highest BCUT2D eigenvalue weighted by molar-refractivity contribution is 9.11. The van der Waals surface area contributed by atoms with E-state index in [9.17, 15) is 14.7 Å². The number of benzene rings is 3. The van der Waals surface area contributed by atoms with E-state index in [2.05, 4.69) is 58.4 Å². The summed E-state index contributed by atoms with van der Waals surface area (Å²) in [6, 6.07) is 17.2. The molecule has 0 saturated carbocycles. The van der Waals surface area contributed by atoms with Gasteiger partial charge in [-0.2, -0.15) is 0 Å². The van der Waals surface area contributed by atoms with E-state index in [1.807, 2.05) is 0 Å². The van der Waals surface area contributed by atoms with Gasteiger partial charge in [0.2, 0.25) is 5.91 Å². The van der Waals surface area contributed by atoms with Crippen molar-refractivity contribution in [1.29, 1.82) is 0 Å². The van der Waals surface area contributed by atoms with E-state index in [1.54, 1.807) is 66.7 Å². The molecule has 0 unspecified atom stereocenters. The standard InChI is InChI=1S/C24H20Br3N3O4/c25-14-8-10-16(11-9-14)29-24(33)34-21(17-12-15(26)13-18(27)23(17)32)6-3-7-22(31)30-20-5-2-1-4-19(20)28/h1-5,7-13,21,32H,6,28H2,(H,29,33)(H,30,31)/b7-3+/t21-/m0/s1. The summed E-state index contributed by atoms with van der Waals surface area (Å²) in [5.74, 6) is -0.463. The zero-order valence-electron chi connectivity index (χ0n) is 17.6. The second-order valence-corrected chi connectivity index (χ2v) is 9.75. The van der Waals surface area contributed by atoms with Crippen LogP contribution in [-0.2, 0) is 9.53 Å². The summed E-state index contributed by atoms with van der Waals surface area (Å²) in [4.78, 5) is 24.9. The number of amides is 2. The molecule has 5 N–H and O–H groups in total. The Labute approximate surface area is 221 Å². The number of anilines is 3. The van der Waals surface area contributed by atoms with Crippen molar-refractivity contribution in [2.75, 3.05) is 16.4 Å². The van der Waals surface area contributed by atoms with Gasteiger partial charge >= 0.3 is 6.09 Å². The summed E-state index contributed by atoms with van der Waals surface area (Å²) in [7, 11) is 0. The van der Waals surface area contributed by atoms with Crippen LogP contribution in [0.3, 0.4) is 0 Å². The maximum atomic E-state index is 12.6. The van der Waals surface area contributed by atoms with Crippen molar-refractivity contribution < 1.29 is 19.4 Å². The molecular formula is C24H20Br3N3O4. The van der Waals surface area contributed by atoms with Crippen LogP contribution in [0.2, 0.25) is 0 Å². The van der Waals surface area contributed by atoms with Crippen molar-refractivity contribution in [3.63, 3.8) is 0 Å². The molecule has 0 radical (unpaired) electrons. The van der Waals surface area contributed by atoms with Crippen LogP contribution >= 0.6 is 47.8 Å². The van der Waals surface area contributed by atoms with E-state index in [0.29, 0.717) is 31.6 Å². The van der Waals surface area contributed by atoms with Gasteiger partial charge in [-0.15, -0.1) is 0 Å². The molecule has 0 aliphatic rings. The lowest BCUT2D eigenvalue weighted by molar-refractivity contribution is -0.111. The average molecular weight is 654 g/mol. The molecule has 7 nitrogen and oxygen atoms in total. The van der Waals surface area contributed by atoms with Gasteiger partial charge in [-0.25, -0.2) is 4.79 Å². The Morgan fingerprint density at radius 2 is 1.71 bits per heavy atom. The van der Waals surface area contributed by atoms with E-state index in [4.69, 9.17) is 10.5 Å². The third kappa shape index (κ3) is 7.34. The topological polar surface area (TPSA) is 114 Å². The molecule has 0 aliphatic carbocycles. The van der Waals surface area contributed by atoms with Crippen LogP contribution in [0, 0.1) is 0 Å². The first-order valence-electron chi connectivity index (χ1n) is 9.96. The SMILES string of the molecule is Nc1ccccc1NC(=O)/C=C/C[C@H](OC(=O)Nc1ccc(Br)cc1)c1cc(Br)cc(Br)c1O. The first kappa shape index (κ1) is 25.8. The predicted octanol–water partition coefficient (Wildman–Crippen LogP) is 7.14. The van der Waals surface area contributed by atoms with Gasteiger partial charge < -0.3 is 20.9 Å². The van der Waals surface area contributed by atoms with Gasteiger partial charge in [0.25, 0.3) is 0 Å². The molecule has 3 aromatic carbocycles. The third-order valence-corrected chi connectivity index (χ3v) is 6.17. The first-order valence-corrected chi connectivity index (χ1v) is 12.3. The second kappa shape index (κ2) is 12.0. The molecule has 3 rings (SSSR count). The van der Waals surface area contributed by atoms with Gasteiger partial charge in [-0.3, -0.25) is 10.1 Å². The molecule has 0 bridgehead atoms. The zero-order chi connectivity index (χ0) is 24.7. The number of carbonyl (C=O) groups is 2. The summed E-state index contributed by atoms with van der Waals surface area (Å²) in [6.07, 6.45) is 1.41. The fraction of sp³-hybridized carbons (Fsp3) is 0.0833. The van der Waals surface area contributed by atoms with Gasteiger partial charge in [0.1, 0.15) is 11.9 Å². The average Bonchev–Trinajstić information content (AvgIpc) is 2.78. The zero-order valence-corrected chi connectivity index (χ0v) is 22.4. The van der Waals surface area contributed by atoms with Gasteiger partial charge in [0.15, 0.2) is 0 Å². The van der Waals surface area contributed by atoms with E-state index in [1.165, 1.54) is 6.08 Å². The minimum atomic E-state index is -0.880. The summed E-state index contributed by atoms with van der Waals surface area (Å²) in [5, 5.41) is 15.9. The lowest BCUT2D eigenvalue weighted by atomic mass is 10.0. The van der Waals surface area contributed by atoms with Crippen LogP contribution in [0.4, 0.5) is 21.9 Å². The van der Waals surface area contributed by atoms with Crippen molar-refractivity contribution >= 4 is 76.9 Å². The molecule has 2 amide bonds. The number of nitrogen functional groups attached to an aromatic ring is 1. The number of nitrogens with one attached hydrogen (secondary N) is 2. The number of ether oxygens (including phenoxy) is 1. The molecule has 3 aromatic rings. The molecule has 0 aliphatic heterocycles. The molecular weight excluding hydrogens is 634 g/mol. The van der Waals surface area contributed by atoms with Crippen molar-refractivity contribution in [3.8, 4) is 5.75 Å². The quantitative estimate of drug-likeness (QED) is 0.160. The Morgan fingerprint density at radius 1 is 1.00 bits per heavy atom. The summed E-state index contributed by atoms with van der Waals surface area (Å²) < 4.78 is 7.59. The fourth-order valence-corrected chi connectivity index (χ4v) is 4.49. The van der Waals surface area contributed by atoms with Crippen LogP contribution in [0.1, 0.15) is 18.1 Å². The molecule has 176 valence electrons. The molecule has 0 saturated heterocycles. The number of halogens is 3. The summed E-state index contributed by atoms with van der Waals surface area (Å²) in [6.45, 7) is 0. The fourth-order valence-electron chi connectivity index (χ4n) is 2.96. The number of hydrogen-bond donors (Lipinski definition) is 4. The smallest absolute Gasteiger partial charge is 0.412 e. The Bertz CT molecular complexity index is 1220. The lowest BCUT2D eigenvalue weighted by Gasteiger charge is -2.19. The normalized spacial score (nSPS) is 11.7. The van der Waals surface area contributed by atoms with E-state index >= 15 is 0 Å². The van der Waals surface area contributed by atoms with Crippen LogP contribution in [0.5, 0.6) is 5.75 Å². The van der Waals surface area contributed by atoms with Gasteiger partial charge in [0.05, 0.1) is 15.8 Å². The Balaban J connectivity index is 1.75. The molecule has 0 fully saturated rings. The lowest BCUT2D eigenvalue weighted by Crippen LogP contribution is -2.17. The molecule has 34 heavy (non-hydrogen) atoms. The minimum absolute atomic E-state index is 0.0699. The van der Waals surface area contributed by atoms with E-state index in [0.717, 1.165) is 4.47 Å². The molecule has 0 aromatic heterocycles. The van der Waals surface area contributed by atoms with Crippen LogP contribution in [0.15, 0.2) is 86.2 Å². The predicted molar refractivity (Wildman–Crippen MR) is 144 cm³/mol. The Hall–Kier alpha value is -2.82. The van der Waals surface area contributed by atoms with Crippen LogP contribution < -0.4 is 16.4 Å².